The van der Waals surface area contributed by atoms with Crippen LogP contribution in [0.1, 0.15) is 94.1 Å². The number of anilines is 1. The van der Waals surface area contributed by atoms with E-state index in [9.17, 15) is 9.59 Å². The summed E-state index contributed by atoms with van der Waals surface area (Å²) in [5, 5.41) is 18.1. The summed E-state index contributed by atoms with van der Waals surface area (Å²) in [4.78, 5) is 33.4. The highest BCUT2D eigenvalue weighted by Gasteiger charge is 2.73. The molecule has 7 rings (SSSR count). The lowest BCUT2D eigenvalue weighted by Crippen LogP contribution is -2.61. The Morgan fingerprint density at radius 3 is 2.57 bits per heavy atom. The summed E-state index contributed by atoms with van der Waals surface area (Å²) in [6, 6.07) is 5.43. The molecule has 0 radical (unpaired) electrons. The summed E-state index contributed by atoms with van der Waals surface area (Å²) in [6.07, 6.45) is 8.90. The molecule has 2 spiro atoms. The Hall–Kier alpha value is -3.08. The van der Waals surface area contributed by atoms with Crippen molar-refractivity contribution in [3.8, 4) is 0 Å². The molecule has 1 aromatic carbocycles. The summed E-state index contributed by atoms with van der Waals surface area (Å²) >= 11 is 12.6. The SMILES string of the molecule is CC1(C)CCC2(CC1)N[C@@H](C(=O)NC1CCC(c3nnco3)CC1)[C@H](c1cccc(Cl)c1F)[C@]21C(=O)Nc2cc(Cl)ncc21. The third-order valence-corrected chi connectivity index (χ3v) is 11.2. The quantitative estimate of drug-likeness (QED) is 0.297. The topological polar surface area (TPSA) is 122 Å². The van der Waals surface area contributed by atoms with E-state index in [0.717, 1.165) is 38.5 Å². The van der Waals surface area contributed by atoms with Crippen LogP contribution >= 0.6 is 23.2 Å². The molecule has 1 saturated heterocycles. The highest BCUT2D eigenvalue weighted by Crippen LogP contribution is 2.64. The van der Waals surface area contributed by atoms with Crippen molar-refractivity contribution < 1.29 is 18.4 Å². The van der Waals surface area contributed by atoms with Gasteiger partial charge in [0.1, 0.15) is 16.4 Å². The molecular formula is C32H35Cl2FN6O3. The van der Waals surface area contributed by atoms with E-state index in [-0.39, 0.29) is 44.9 Å². The maximum Gasteiger partial charge on any atom is 0.238 e. The summed E-state index contributed by atoms with van der Waals surface area (Å²) in [6.45, 7) is 4.43. The smallest absolute Gasteiger partial charge is 0.238 e. The first kappa shape index (κ1) is 29.6. The fourth-order valence-electron chi connectivity index (χ4n) is 8.43. The van der Waals surface area contributed by atoms with E-state index in [0.29, 0.717) is 30.0 Å². The monoisotopic (exact) mass is 640 g/mol. The minimum atomic E-state index is -1.33. The van der Waals surface area contributed by atoms with Gasteiger partial charge in [-0.3, -0.25) is 14.9 Å². The fraction of sp³-hybridized carbons (Fsp3) is 0.531. The number of rotatable bonds is 4. The Kier molecular flexibility index (Phi) is 7.25. The molecule has 2 saturated carbocycles. The van der Waals surface area contributed by atoms with E-state index >= 15 is 4.39 Å². The van der Waals surface area contributed by atoms with Crippen LogP contribution in [-0.4, -0.2) is 44.6 Å². The second kappa shape index (κ2) is 10.8. The Labute approximate surface area is 265 Å². The van der Waals surface area contributed by atoms with Gasteiger partial charge >= 0.3 is 0 Å². The molecule has 3 aromatic rings. The van der Waals surface area contributed by atoms with Gasteiger partial charge < -0.3 is 15.1 Å². The van der Waals surface area contributed by atoms with E-state index in [1.54, 1.807) is 24.4 Å². The highest BCUT2D eigenvalue weighted by atomic mass is 35.5. The molecule has 44 heavy (non-hydrogen) atoms. The van der Waals surface area contributed by atoms with Gasteiger partial charge in [-0.1, -0.05) is 49.2 Å². The van der Waals surface area contributed by atoms with Crippen LogP contribution < -0.4 is 16.0 Å². The van der Waals surface area contributed by atoms with Gasteiger partial charge in [-0.25, -0.2) is 9.37 Å². The molecule has 3 N–H and O–H groups in total. The van der Waals surface area contributed by atoms with Crippen LogP contribution in [0.2, 0.25) is 10.2 Å². The van der Waals surface area contributed by atoms with E-state index in [1.165, 1.54) is 12.5 Å². The molecule has 3 atom stereocenters. The van der Waals surface area contributed by atoms with Crippen molar-refractivity contribution in [3.63, 3.8) is 0 Å². The lowest BCUT2D eigenvalue weighted by Gasteiger charge is -2.50. The number of amides is 2. The number of aromatic nitrogens is 3. The van der Waals surface area contributed by atoms with Crippen LogP contribution in [-0.2, 0) is 15.0 Å². The number of nitrogens with one attached hydrogen (secondary N) is 3. The van der Waals surface area contributed by atoms with Gasteiger partial charge in [-0.05, 0) is 74.5 Å². The molecule has 2 aliphatic heterocycles. The number of fused-ring (bicyclic) bond motifs is 3. The van der Waals surface area contributed by atoms with Crippen molar-refractivity contribution in [1.82, 2.24) is 25.8 Å². The van der Waals surface area contributed by atoms with Crippen molar-refractivity contribution >= 4 is 40.7 Å². The largest absolute Gasteiger partial charge is 0.428 e. The van der Waals surface area contributed by atoms with Gasteiger partial charge in [0, 0.05) is 40.9 Å². The minimum Gasteiger partial charge on any atom is -0.428 e. The molecule has 2 aromatic heterocycles. The maximum atomic E-state index is 16.1. The highest BCUT2D eigenvalue weighted by molar-refractivity contribution is 6.31. The standard InChI is InChI=1S/C32H35Cl2FN6O3/c1-30(2)10-12-31(13-11-30)32(20-15-36-23(34)14-22(20)39-29(32)43)24(19-4-3-5-21(33)25(19)35)26(40-31)27(42)38-18-8-6-17(7-9-18)28-41-37-16-44-28/h3-5,14-18,24,26,40H,6-13H2,1-2H3,(H,38,42)(H,39,43)/t17?,18?,24-,26+,32+/m0/s1. The van der Waals surface area contributed by atoms with Crippen LogP contribution in [0.5, 0.6) is 0 Å². The number of carbonyl (C=O) groups is 2. The Balaban J connectivity index is 1.31. The molecule has 232 valence electrons. The predicted molar refractivity (Wildman–Crippen MR) is 163 cm³/mol. The van der Waals surface area contributed by atoms with Crippen LogP contribution in [0.15, 0.2) is 41.3 Å². The molecule has 2 aliphatic carbocycles. The molecule has 0 unspecified atom stereocenters. The number of carbonyl (C=O) groups excluding carboxylic acids is 2. The molecule has 4 heterocycles. The molecule has 0 bridgehead atoms. The first-order valence-corrected chi connectivity index (χ1v) is 16.1. The summed E-state index contributed by atoms with van der Waals surface area (Å²) < 4.78 is 21.5. The normalized spacial score (nSPS) is 30.3. The van der Waals surface area contributed by atoms with Gasteiger partial charge in [0.2, 0.25) is 24.1 Å². The zero-order valence-corrected chi connectivity index (χ0v) is 26.1. The summed E-state index contributed by atoms with van der Waals surface area (Å²) in [5.74, 6) is -1.31. The average Bonchev–Trinajstić information content (AvgIpc) is 3.70. The van der Waals surface area contributed by atoms with Crippen molar-refractivity contribution in [2.75, 3.05) is 5.32 Å². The molecule has 12 heteroatoms. The van der Waals surface area contributed by atoms with Crippen molar-refractivity contribution in [2.24, 2.45) is 5.41 Å². The fourth-order valence-corrected chi connectivity index (χ4v) is 8.77. The molecule has 3 fully saturated rings. The number of hydrogen-bond acceptors (Lipinski definition) is 7. The number of hydrogen-bond donors (Lipinski definition) is 3. The first-order valence-electron chi connectivity index (χ1n) is 15.3. The first-order chi connectivity index (χ1) is 21.0. The summed E-state index contributed by atoms with van der Waals surface area (Å²) in [7, 11) is 0. The van der Waals surface area contributed by atoms with Crippen LogP contribution in [0.4, 0.5) is 10.1 Å². The summed E-state index contributed by atoms with van der Waals surface area (Å²) in [5.41, 5.74) is -0.736. The third kappa shape index (κ3) is 4.55. The molecule has 4 aliphatic rings. The van der Waals surface area contributed by atoms with E-state index in [1.807, 2.05) is 0 Å². The predicted octanol–water partition coefficient (Wildman–Crippen LogP) is 6.04. The Bertz CT molecular complexity index is 1600. The van der Waals surface area contributed by atoms with Crippen LogP contribution in [0.25, 0.3) is 0 Å². The average molecular weight is 642 g/mol. The zero-order valence-electron chi connectivity index (χ0n) is 24.6. The zero-order chi connectivity index (χ0) is 30.9. The number of nitrogens with zero attached hydrogens (tertiary/aromatic N) is 3. The molecule has 9 nitrogen and oxygen atoms in total. The van der Waals surface area contributed by atoms with Gasteiger partial charge in [-0.15, -0.1) is 10.2 Å². The minimum absolute atomic E-state index is 0.0540. The van der Waals surface area contributed by atoms with E-state index < -0.39 is 28.7 Å². The van der Waals surface area contributed by atoms with Crippen LogP contribution in [0, 0.1) is 11.2 Å². The molecule has 2 amide bonds. The van der Waals surface area contributed by atoms with Crippen LogP contribution in [0.3, 0.4) is 0 Å². The van der Waals surface area contributed by atoms with Gasteiger partial charge in [-0.2, -0.15) is 0 Å². The third-order valence-electron chi connectivity index (χ3n) is 10.7. The second-order valence-electron chi connectivity index (χ2n) is 13.6. The molecular weight excluding hydrogens is 606 g/mol. The maximum absolute atomic E-state index is 16.1. The lowest BCUT2D eigenvalue weighted by atomic mass is 9.53. The van der Waals surface area contributed by atoms with Crippen molar-refractivity contribution in [1.29, 1.82) is 0 Å². The van der Waals surface area contributed by atoms with E-state index in [2.05, 4.69) is 45.0 Å². The number of pyridine rings is 1. The van der Waals surface area contributed by atoms with Crippen molar-refractivity contribution in [2.45, 2.75) is 100 Å². The van der Waals surface area contributed by atoms with Gasteiger partial charge in [0.05, 0.1) is 11.1 Å². The lowest BCUT2D eigenvalue weighted by molar-refractivity contribution is -0.125. The van der Waals surface area contributed by atoms with Gasteiger partial charge in [0.15, 0.2) is 0 Å². The van der Waals surface area contributed by atoms with Crippen molar-refractivity contribution in [3.05, 3.63) is 69.9 Å². The Morgan fingerprint density at radius 1 is 1.11 bits per heavy atom. The second-order valence-corrected chi connectivity index (χ2v) is 14.4. The number of halogens is 3. The van der Waals surface area contributed by atoms with E-state index in [4.69, 9.17) is 27.6 Å². The number of benzene rings is 1. The Morgan fingerprint density at radius 2 is 1.86 bits per heavy atom. The van der Waals surface area contributed by atoms with Gasteiger partial charge in [0.25, 0.3) is 0 Å².